The predicted molar refractivity (Wildman–Crippen MR) is 240 cm³/mol. The first-order chi connectivity index (χ1) is 31.3. The number of nitrogens with zero attached hydrogens (tertiary/aromatic N) is 1. The summed E-state index contributed by atoms with van der Waals surface area (Å²) in [6.07, 6.45) is 15.0. The molecular formula is C47H65IN5O11S-. The van der Waals surface area contributed by atoms with Crippen LogP contribution in [0.5, 0.6) is 5.75 Å². The van der Waals surface area contributed by atoms with E-state index < -0.39 is 69.5 Å². The van der Waals surface area contributed by atoms with E-state index >= 15 is 0 Å². The number of carbonyl (C=O) groups is 4. The zero-order chi connectivity index (χ0) is 46.2. The van der Waals surface area contributed by atoms with E-state index in [1.54, 1.807) is 20.1 Å². The normalized spacial score (nSPS) is 25.5. The molecule has 3 heterocycles. The Kier molecular flexibility index (Phi) is 16.4. The second-order valence-electron chi connectivity index (χ2n) is 18.2. The van der Waals surface area contributed by atoms with Crippen molar-refractivity contribution >= 4 is 44.7 Å². The average molecular weight is 1040 g/mol. The molecule has 3 saturated carbocycles. The van der Waals surface area contributed by atoms with Crippen LogP contribution in [0.3, 0.4) is 0 Å². The number of benzene rings is 1. The molecule has 6 atom stereocenters. The standard InChI is InChI=1S/C47H65IN5O11S/c1-4-38-47(48-38,44(57)52-65(59,60)46(2)24-25-46)51-42(55)36-22-13-26-53(36)43(56)39(32-16-8-9-17-32)50-45(58)64-37-23-12-18-31(37)15-6-5-7-20-34-40(63-28-14-27-62-30-29-61-3)33-19-10-11-21-35(33)49-41(34)54/h4-5,7,10-11,19,21,31-32,36-39H,1,6,8-9,12-18,20,22-30H2,2-3H3,(H,49,54)(H,50,58)(H,51,55)(H,52,57)/q-1/b7-5+/t31-,36+,37-,38+,39+,47-/m1/s1. The molecule has 2 aromatic rings. The zero-order valence-corrected chi connectivity index (χ0v) is 40.6. The Bertz CT molecular complexity index is 2260. The van der Waals surface area contributed by atoms with Crippen molar-refractivity contribution in [3.63, 3.8) is 0 Å². The van der Waals surface area contributed by atoms with E-state index in [1.165, 1.54) is 4.90 Å². The summed E-state index contributed by atoms with van der Waals surface area (Å²) in [5.74, 6) is -1.01. The number of fused-ring (bicyclic) bond motifs is 1. The number of sulfonamides is 1. The number of rotatable bonds is 23. The van der Waals surface area contributed by atoms with Gasteiger partial charge in [0.1, 0.15) is 5.75 Å². The van der Waals surface area contributed by atoms with E-state index in [0.29, 0.717) is 94.7 Å². The van der Waals surface area contributed by atoms with Crippen LogP contribution in [-0.2, 0) is 45.0 Å². The molecule has 2 saturated heterocycles. The van der Waals surface area contributed by atoms with Crippen molar-refractivity contribution in [1.29, 1.82) is 0 Å². The third-order valence-corrected chi connectivity index (χ3v) is 19.7. The summed E-state index contributed by atoms with van der Waals surface area (Å²) in [4.78, 5) is 73.3. The van der Waals surface area contributed by atoms with E-state index in [0.717, 1.165) is 56.8 Å². The van der Waals surface area contributed by atoms with Crippen molar-refractivity contribution in [2.24, 2.45) is 11.8 Å². The summed E-state index contributed by atoms with van der Waals surface area (Å²) in [5, 5.41) is 6.65. The molecule has 3 aliphatic carbocycles. The molecule has 0 spiro atoms. The summed E-state index contributed by atoms with van der Waals surface area (Å²) < 4.78 is 48.3. The van der Waals surface area contributed by atoms with Gasteiger partial charge in [0, 0.05) is 25.5 Å². The number of nitrogens with one attached hydrogen (secondary N) is 4. The number of methoxy groups -OCH3 is 1. The number of H-pyrrole nitrogens is 1. The van der Waals surface area contributed by atoms with E-state index in [9.17, 15) is 32.4 Å². The Balaban J connectivity index is 0.929. The molecule has 5 aliphatic rings. The first-order valence-electron chi connectivity index (χ1n) is 23.2. The van der Waals surface area contributed by atoms with Crippen molar-refractivity contribution in [3.05, 3.63) is 65.0 Å². The molecule has 4 N–H and O–H groups in total. The van der Waals surface area contributed by atoms with Crippen LogP contribution >= 0.6 is 0 Å². The van der Waals surface area contributed by atoms with Gasteiger partial charge in [-0.25, -0.2) is 0 Å². The number of amides is 4. The second-order valence-corrected chi connectivity index (χ2v) is 24.1. The van der Waals surface area contributed by atoms with E-state index in [-0.39, 0.29) is 33.3 Å². The minimum atomic E-state index is -3.92. The zero-order valence-electron chi connectivity index (χ0n) is 37.6. The molecule has 0 radical (unpaired) electrons. The third kappa shape index (κ3) is 11.6. The van der Waals surface area contributed by atoms with Gasteiger partial charge in [0.05, 0.1) is 30.9 Å². The van der Waals surface area contributed by atoms with Gasteiger partial charge in [-0.15, -0.1) is 0 Å². The van der Waals surface area contributed by atoms with Gasteiger partial charge in [0.15, 0.2) is 0 Å². The van der Waals surface area contributed by atoms with Gasteiger partial charge in [0.25, 0.3) is 5.56 Å². The molecule has 2 aliphatic heterocycles. The Labute approximate surface area is 392 Å². The number of aromatic nitrogens is 1. The fraction of sp³-hybridized carbons (Fsp3) is 0.638. The summed E-state index contributed by atoms with van der Waals surface area (Å²) in [6.45, 7) is 7.68. The van der Waals surface area contributed by atoms with Gasteiger partial charge in [-0.2, -0.15) is 0 Å². The molecule has 18 heteroatoms. The Morgan fingerprint density at radius 2 is 1.78 bits per heavy atom. The fourth-order valence-electron chi connectivity index (χ4n) is 9.47. The van der Waals surface area contributed by atoms with Gasteiger partial charge < -0.3 is 19.2 Å². The molecule has 0 bridgehead atoms. The maximum atomic E-state index is 14.4. The quantitative estimate of drug-likeness (QED) is 0.0415. The molecule has 16 nitrogen and oxygen atoms in total. The van der Waals surface area contributed by atoms with Crippen LogP contribution in [0.1, 0.15) is 102 Å². The number of alkyl carbamates (subject to hydrolysis) is 1. The van der Waals surface area contributed by atoms with Gasteiger partial charge in [0.2, 0.25) is 0 Å². The van der Waals surface area contributed by atoms with Crippen molar-refractivity contribution in [1.82, 2.24) is 25.2 Å². The number of hydrogen-bond acceptors (Lipinski definition) is 11. The number of alkyl halides is 2. The minimum absolute atomic E-state index is 0.115. The molecule has 1 aromatic heterocycles. The molecule has 358 valence electrons. The number of hydrogen-bond donors (Lipinski definition) is 4. The van der Waals surface area contributed by atoms with Crippen molar-refractivity contribution in [3.8, 4) is 5.75 Å². The predicted octanol–water partition coefficient (Wildman–Crippen LogP) is 1.75. The molecule has 1 aromatic carbocycles. The molecular weight excluding hydrogens is 970 g/mol. The van der Waals surface area contributed by atoms with Crippen LogP contribution in [0.25, 0.3) is 10.9 Å². The number of carbonyl (C=O) groups excluding carboxylic acids is 4. The number of halogens is 1. The summed E-state index contributed by atoms with van der Waals surface area (Å²) in [6, 6.07) is 5.84. The summed E-state index contributed by atoms with van der Waals surface area (Å²) in [5.41, 5.74) is 1.07. The summed E-state index contributed by atoms with van der Waals surface area (Å²) in [7, 11) is -2.29. The SMILES string of the molecule is C=C[C@@H]1[I-][C@]1(NC(=O)[C@@H]1CCCN1C(=O)[C@@H](NC(=O)O[C@@H]1CCC[C@H]1CC/C=C/Cc1c(OCCCOCCOC)c2ccccc2[nH]c1=O)C1CCCC1)C(=O)NS(=O)(=O)C1(C)CC1. The number of aromatic amines is 1. The maximum absolute atomic E-state index is 14.4. The molecule has 5 fully saturated rings. The third-order valence-electron chi connectivity index (χ3n) is 13.7. The van der Waals surface area contributed by atoms with Crippen LogP contribution in [0.4, 0.5) is 4.79 Å². The van der Waals surface area contributed by atoms with E-state index in [2.05, 4.69) is 33.0 Å². The average Bonchev–Trinajstić information content (AvgIpc) is 3.86. The number of pyridine rings is 1. The topological polar surface area (TPSA) is 212 Å². The molecule has 4 amide bonds. The van der Waals surface area contributed by atoms with Crippen LogP contribution < -0.4 is 46.9 Å². The van der Waals surface area contributed by atoms with Crippen LogP contribution in [0.2, 0.25) is 0 Å². The van der Waals surface area contributed by atoms with Gasteiger partial charge >= 0.3 is 234 Å². The van der Waals surface area contributed by atoms with Gasteiger partial charge in [-0.1, -0.05) is 24.3 Å². The van der Waals surface area contributed by atoms with Crippen molar-refractivity contribution in [2.75, 3.05) is 40.1 Å². The number of allylic oxidation sites excluding steroid dienone is 2. The van der Waals surface area contributed by atoms with E-state index in [1.807, 2.05) is 30.3 Å². The fourth-order valence-corrected chi connectivity index (χ4v) is 13.6. The number of para-hydroxylation sites is 1. The Hall–Kier alpha value is -4.01. The molecule has 65 heavy (non-hydrogen) atoms. The Morgan fingerprint density at radius 1 is 1.00 bits per heavy atom. The summed E-state index contributed by atoms with van der Waals surface area (Å²) >= 11 is -0.973. The van der Waals surface area contributed by atoms with Crippen LogP contribution in [0.15, 0.2) is 53.9 Å². The van der Waals surface area contributed by atoms with Crippen molar-refractivity contribution < 1.29 is 67.7 Å². The number of ether oxygens (including phenoxy) is 4. The van der Waals surface area contributed by atoms with Crippen LogP contribution in [-0.4, -0.2) is 113 Å². The molecule has 0 unspecified atom stereocenters. The first-order valence-corrected chi connectivity index (χ1v) is 27.0. The Morgan fingerprint density at radius 3 is 2.52 bits per heavy atom. The van der Waals surface area contributed by atoms with Gasteiger partial charge in [-0.3, -0.25) is 4.79 Å². The first kappa shape index (κ1) is 48.9. The monoisotopic (exact) mass is 1030 g/mol. The van der Waals surface area contributed by atoms with Crippen LogP contribution in [0, 0.1) is 11.8 Å². The number of likely N-dealkylation sites (tertiary alicyclic amines) is 1. The van der Waals surface area contributed by atoms with Gasteiger partial charge in [-0.05, 0) is 44.2 Å². The van der Waals surface area contributed by atoms with E-state index in [4.69, 9.17) is 18.9 Å². The molecule has 7 rings (SSSR count). The second kappa shape index (κ2) is 21.7. The van der Waals surface area contributed by atoms with Crippen molar-refractivity contribution in [2.45, 2.75) is 134 Å².